The highest BCUT2D eigenvalue weighted by atomic mass is 35.5. The number of nitrogens with zero attached hydrogens (tertiary/aromatic N) is 1. The molecule has 0 saturated carbocycles. The second-order valence-corrected chi connectivity index (χ2v) is 5.26. The minimum Gasteiger partial charge on any atom is -0.482 e. The molecule has 0 aliphatic rings. The van der Waals surface area contributed by atoms with Crippen molar-refractivity contribution in [2.75, 3.05) is 13.2 Å². The molecule has 1 atom stereocenters. The molecule has 24 heavy (non-hydrogen) atoms. The number of halogens is 4. The van der Waals surface area contributed by atoms with Crippen molar-refractivity contribution in [1.29, 1.82) is 0 Å². The molecule has 1 heterocycles. The van der Waals surface area contributed by atoms with Crippen molar-refractivity contribution in [3.8, 4) is 5.75 Å². The number of aliphatic hydroxyl groups excluding tert-OH is 1. The molecule has 4 nitrogen and oxygen atoms in total. The fourth-order valence-corrected chi connectivity index (χ4v) is 2.05. The Hall–Kier alpha value is -1.83. The largest absolute Gasteiger partial charge is 0.482 e. The van der Waals surface area contributed by atoms with Gasteiger partial charge in [-0.05, 0) is 17.7 Å². The average molecular weight is 362 g/mol. The third-order valence-electron chi connectivity index (χ3n) is 3.02. The van der Waals surface area contributed by atoms with Crippen LogP contribution >= 0.6 is 11.6 Å². The molecule has 8 heteroatoms. The van der Waals surface area contributed by atoms with Crippen LogP contribution in [0.15, 0.2) is 42.5 Å². The summed E-state index contributed by atoms with van der Waals surface area (Å²) in [7, 11) is 0. The van der Waals surface area contributed by atoms with Crippen LogP contribution in [0.2, 0.25) is 5.15 Å². The van der Waals surface area contributed by atoms with E-state index in [-0.39, 0.29) is 19.0 Å². The average Bonchev–Trinajstić information content (AvgIpc) is 2.55. The Morgan fingerprint density at radius 3 is 2.42 bits per heavy atom. The topological polar surface area (TPSA) is 51.6 Å². The van der Waals surface area contributed by atoms with Crippen LogP contribution in [0.4, 0.5) is 13.2 Å². The zero-order valence-electron chi connectivity index (χ0n) is 12.5. The standard InChI is InChI=1S/C16H15ClF3NO3/c17-15-13(6-7-14(21-15)16(18,19)20)24-12(8-22)10-23-9-11-4-2-1-3-5-11/h1-7,12,22H,8-10H2. The van der Waals surface area contributed by atoms with E-state index in [1.165, 1.54) is 0 Å². The lowest BCUT2D eigenvalue weighted by Crippen LogP contribution is -2.27. The molecule has 1 N–H and O–H groups in total. The molecule has 1 aromatic carbocycles. The molecule has 0 spiro atoms. The van der Waals surface area contributed by atoms with Crippen molar-refractivity contribution >= 4 is 11.6 Å². The molecule has 1 unspecified atom stereocenters. The number of hydrogen-bond donors (Lipinski definition) is 1. The molecule has 0 saturated heterocycles. The van der Waals surface area contributed by atoms with Gasteiger partial charge in [0.1, 0.15) is 11.8 Å². The van der Waals surface area contributed by atoms with Crippen LogP contribution in [0.5, 0.6) is 5.75 Å². The zero-order chi connectivity index (χ0) is 17.6. The molecule has 0 amide bonds. The number of hydrogen-bond acceptors (Lipinski definition) is 4. The second-order valence-electron chi connectivity index (χ2n) is 4.91. The van der Waals surface area contributed by atoms with Gasteiger partial charge in [0.2, 0.25) is 0 Å². The van der Waals surface area contributed by atoms with Crippen LogP contribution in [0.25, 0.3) is 0 Å². The summed E-state index contributed by atoms with van der Waals surface area (Å²) in [5.74, 6) is -0.0490. The summed E-state index contributed by atoms with van der Waals surface area (Å²) in [5, 5.41) is 8.89. The Morgan fingerprint density at radius 2 is 1.83 bits per heavy atom. The van der Waals surface area contributed by atoms with E-state index in [1.54, 1.807) is 0 Å². The molecule has 2 rings (SSSR count). The number of aromatic nitrogens is 1. The van der Waals surface area contributed by atoms with Gasteiger partial charge in [0.15, 0.2) is 10.9 Å². The third-order valence-corrected chi connectivity index (χ3v) is 3.29. The van der Waals surface area contributed by atoms with E-state index in [2.05, 4.69) is 4.98 Å². The molecule has 0 aliphatic carbocycles. The van der Waals surface area contributed by atoms with Crippen molar-refractivity contribution in [2.45, 2.75) is 18.9 Å². The van der Waals surface area contributed by atoms with Gasteiger partial charge >= 0.3 is 6.18 Å². The first-order chi connectivity index (χ1) is 11.4. The van der Waals surface area contributed by atoms with Crippen molar-refractivity contribution in [3.05, 3.63) is 58.9 Å². The monoisotopic (exact) mass is 361 g/mol. The van der Waals surface area contributed by atoms with Crippen molar-refractivity contribution in [2.24, 2.45) is 0 Å². The summed E-state index contributed by atoms with van der Waals surface area (Å²) < 4.78 is 48.4. The number of pyridine rings is 1. The van der Waals surface area contributed by atoms with Crippen molar-refractivity contribution in [3.63, 3.8) is 0 Å². The van der Waals surface area contributed by atoms with Crippen LogP contribution < -0.4 is 4.74 Å². The van der Waals surface area contributed by atoms with E-state index < -0.39 is 23.1 Å². The van der Waals surface area contributed by atoms with E-state index in [1.807, 2.05) is 30.3 Å². The molecule has 130 valence electrons. The summed E-state index contributed by atoms with van der Waals surface area (Å²) in [6.07, 6.45) is -5.36. The quantitative estimate of drug-likeness (QED) is 0.764. The number of ether oxygens (including phenoxy) is 2. The molecule has 0 radical (unpaired) electrons. The lowest BCUT2D eigenvalue weighted by molar-refractivity contribution is -0.141. The number of alkyl halides is 3. The minimum absolute atomic E-state index is 0.0444. The molecule has 1 aromatic heterocycles. The van der Waals surface area contributed by atoms with E-state index in [9.17, 15) is 18.3 Å². The molecule has 0 aliphatic heterocycles. The smallest absolute Gasteiger partial charge is 0.433 e. The first-order valence-corrected chi connectivity index (χ1v) is 7.41. The van der Waals surface area contributed by atoms with Crippen LogP contribution in [0.3, 0.4) is 0 Å². The fraction of sp³-hybridized carbons (Fsp3) is 0.312. The van der Waals surface area contributed by atoms with Gasteiger partial charge < -0.3 is 14.6 Å². The van der Waals surface area contributed by atoms with Gasteiger partial charge in [-0.3, -0.25) is 0 Å². The van der Waals surface area contributed by atoms with Gasteiger partial charge in [-0.15, -0.1) is 0 Å². The van der Waals surface area contributed by atoms with Gasteiger partial charge in [0.25, 0.3) is 0 Å². The summed E-state index contributed by atoms with van der Waals surface area (Å²) in [6, 6.07) is 11.2. The molecule has 0 bridgehead atoms. The van der Waals surface area contributed by atoms with Gasteiger partial charge in [-0.25, -0.2) is 4.98 Å². The van der Waals surface area contributed by atoms with Crippen LogP contribution in [0, 0.1) is 0 Å². The Labute approximate surface area is 141 Å². The SMILES string of the molecule is OCC(COCc1ccccc1)Oc1ccc(C(F)(F)F)nc1Cl. The second kappa shape index (κ2) is 8.32. The summed E-state index contributed by atoms with van der Waals surface area (Å²) in [5.41, 5.74) is -0.163. The predicted molar refractivity (Wildman–Crippen MR) is 81.8 cm³/mol. The predicted octanol–water partition coefficient (Wildman–Crippen LogP) is 3.71. The highest BCUT2D eigenvalue weighted by Crippen LogP contribution is 2.32. The maximum Gasteiger partial charge on any atom is 0.433 e. The summed E-state index contributed by atoms with van der Waals surface area (Å²) in [4.78, 5) is 3.25. The van der Waals surface area contributed by atoms with E-state index >= 15 is 0 Å². The molecule has 2 aromatic rings. The van der Waals surface area contributed by atoms with Gasteiger partial charge in [-0.2, -0.15) is 13.2 Å². The Bertz CT molecular complexity index is 653. The van der Waals surface area contributed by atoms with E-state index in [0.29, 0.717) is 6.61 Å². The van der Waals surface area contributed by atoms with Crippen LogP contribution in [0.1, 0.15) is 11.3 Å². The van der Waals surface area contributed by atoms with Crippen molar-refractivity contribution < 1.29 is 27.8 Å². The van der Waals surface area contributed by atoms with Crippen molar-refractivity contribution in [1.82, 2.24) is 4.98 Å². The molecular weight excluding hydrogens is 347 g/mol. The Morgan fingerprint density at radius 1 is 1.12 bits per heavy atom. The zero-order valence-corrected chi connectivity index (χ0v) is 13.2. The van der Waals surface area contributed by atoms with Crippen LogP contribution in [-0.4, -0.2) is 29.4 Å². The third kappa shape index (κ3) is 5.36. The number of rotatable bonds is 7. The van der Waals surface area contributed by atoms with Gasteiger partial charge in [0, 0.05) is 0 Å². The maximum absolute atomic E-state index is 12.5. The molecular formula is C16H15ClF3NO3. The van der Waals surface area contributed by atoms with Gasteiger partial charge in [-0.1, -0.05) is 41.9 Å². The highest BCUT2D eigenvalue weighted by molar-refractivity contribution is 6.30. The van der Waals surface area contributed by atoms with E-state index in [4.69, 9.17) is 21.1 Å². The maximum atomic E-state index is 12.5. The Kier molecular flexibility index (Phi) is 6.42. The lowest BCUT2D eigenvalue weighted by Gasteiger charge is -2.18. The lowest BCUT2D eigenvalue weighted by atomic mass is 10.2. The Balaban J connectivity index is 1.92. The number of benzene rings is 1. The number of aliphatic hydroxyl groups is 1. The normalized spacial score (nSPS) is 12.9. The van der Waals surface area contributed by atoms with E-state index in [0.717, 1.165) is 17.7 Å². The first kappa shape index (κ1) is 18.5. The molecule has 0 fully saturated rings. The van der Waals surface area contributed by atoms with Gasteiger partial charge in [0.05, 0.1) is 19.8 Å². The first-order valence-electron chi connectivity index (χ1n) is 7.03. The fourth-order valence-electron chi connectivity index (χ4n) is 1.85. The highest BCUT2D eigenvalue weighted by Gasteiger charge is 2.33. The summed E-state index contributed by atoms with van der Waals surface area (Å²) >= 11 is 5.71. The van der Waals surface area contributed by atoms with Crippen LogP contribution in [-0.2, 0) is 17.5 Å². The minimum atomic E-state index is -4.59. The summed E-state index contributed by atoms with van der Waals surface area (Å²) in [6.45, 7) is -0.0193.